The summed E-state index contributed by atoms with van der Waals surface area (Å²) in [7, 11) is 0. The van der Waals surface area contributed by atoms with Gasteiger partial charge < -0.3 is 4.90 Å². The van der Waals surface area contributed by atoms with Crippen LogP contribution in [0, 0.1) is 13.8 Å². The summed E-state index contributed by atoms with van der Waals surface area (Å²) in [6.07, 6.45) is 7.60. The van der Waals surface area contributed by atoms with E-state index in [1.54, 1.807) is 0 Å². The number of aromatic nitrogens is 3. The summed E-state index contributed by atoms with van der Waals surface area (Å²) >= 11 is 0. The number of anilines is 1. The van der Waals surface area contributed by atoms with Gasteiger partial charge in [-0.2, -0.15) is 0 Å². The molecular weight excluding hydrogens is 382 g/mol. The van der Waals surface area contributed by atoms with Gasteiger partial charge in [-0.05, 0) is 66.9 Å². The first-order chi connectivity index (χ1) is 15.2. The van der Waals surface area contributed by atoms with Gasteiger partial charge in [-0.25, -0.2) is 0 Å². The summed E-state index contributed by atoms with van der Waals surface area (Å²) < 4.78 is 0. The molecule has 4 aromatic rings. The van der Waals surface area contributed by atoms with Crippen molar-refractivity contribution in [3.8, 4) is 22.4 Å². The van der Waals surface area contributed by atoms with Crippen molar-refractivity contribution in [2.45, 2.75) is 20.4 Å². The third-order valence-electron chi connectivity index (χ3n) is 5.47. The minimum absolute atomic E-state index is 0.636. The average molecular weight is 406 g/mol. The molecule has 0 spiro atoms. The maximum Gasteiger partial charge on any atom is 0.110 e. The van der Waals surface area contributed by atoms with Crippen molar-refractivity contribution in [2.75, 3.05) is 11.6 Å². The van der Waals surface area contributed by atoms with Crippen molar-refractivity contribution in [1.82, 2.24) is 15.0 Å². The number of rotatable bonds is 4. The predicted octanol–water partition coefficient (Wildman–Crippen LogP) is 5.22. The molecule has 5 nitrogen and oxygen atoms in total. The molecule has 4 heterocycles. The molecule has 0 bridgehead atoms. The molecule has 1 aromatic carbocycles. The Morgan fingerprint density at radius 3 is 2.26 bits per heavy atom. The van der Waals surface area contributed by atoms with E-state index in [0.717, 1.165) is 40.3 Å². The Labute approximate surface area is 182 Å². The Morgan fingerprint density at radius 2 is 1.52 bits per heavy atom. The number of nitrogens with zero attached hydrogens (tertiary/aromatic N) is 5. The molecule has 0 amide bonds. The van der Waals surface area contributed by atoms with E-state index in [1.807, 2.05) is 44.7 Å². The van der Waals surface area contributed by atoms with Crippen LogP contribution in [0.2, 0.25) is 0 Å². The van der Waals surface area contributed by atoms with Crippen LogP contribution in [0.3, 0.4) is 0 Å². The Kier molecular flexibility index (Phi) is 5.00. The summed E-state index contributed by atoms with van der Waals surface area (Å²) in [6, 6.07) is 19.0. The monoisotopic (exact) mass is 405 g/mol. The molecule has 31 heavy (non-hydrogen) atoms. The lowest BCUT2D eigenvalue weighted by molar-refractivity contribution is 0.803. The van der Waals surface area contributed by atoms with Crippen molar-refractivity contribution >= 4 is 11.9 Å². The fraction of sp³-hybridized carbons (Fsp3) is 0.154. The highest BCUT2D eigenvalue weighted by atomic mass is 15.2. The first kappa shape index (κ1) is 19.1. The van der Waals surface area contributed by atoms with Crippen LogP contribution in [0.15, 0.2) is 78.2 Å². The van der Waals surface area contributed by atoms with Crippen LogP contribution >= 0.6 is 0 Å². The van der Waals surface area contributed by atoms with Gasteiger partial charge in [0.2, 0.25) is 0 Å². The van der Waals surface area contributed by atoms with E-state index in [4.69, 9.17) is 0 Å². The second-order valence-corrected chi connectivity index (χ2v) is 7.85. The minimum atomic E-state index is 0.636. The van der Waals surface area contributed by atoms with Crippen molar-refractivity contribution in [2.24, 2.45) is 4.99 Å². The molecule has 152 valence electrons. The van der Waals surface area contributed by atoms with Gasteiger partial charge in [0, 0.05) is 59.6 Å². The second kappa shape index (κ2) is 8.11. The van der Waals surface area contributed by atoms with Gasteiger partial charge in [0.05, 0.1) is 5.69 Å². The standard InChI is InChI=1S/C26H23N5/c1-18-11-22(7-9-28-18)21-4-5-24-15-27-17-31(26(24)13-21)16-20-3-6-25(30-14-20)23-8-10-29-19(2)12-23/h3-15H,16-17H2,1-2H3. The highest BCUT2D eigenvalue weighted by Gasteiger charge is 2.16. The van der Waals surface area contributed by atoms with E-state index in [-0.39, 0.29) is 0 Å². The van der Waals surface area contributed by atoms with Crippen LogP contribution in [0.4, 0.5) is 5.69 Å². The Bertz CT molecular complexity index is 1260. The summed E-state index contributed by atoms with van der Waals surface area (Å²) in [6.45, 7) is 5.40. The third kappa shape index (κ3) is 4.08. The van der Waals surface area contributed by atoms with Crippen molar-refractivity contribution < 1.29 is 0 Å². The number of benzene rings is 1. The van der Waals surface area contributed by atoms with Crippen LogP contribution in [-0.4, -0.2) is 27.8 Å². The molecule has 0 fully saturated rings. The zero-order valence-electron chi connectivity index (χ0n) is 17.7. The molecule has 1 aliphatic rings. The van der Waals surface area contributed by atoms with E-state index < -0.39 is 0 Å². The van der Waals surface area contributed by atoms with Gasteiger partial charge in [0.25, 0.3) is 0 Å². The topological polar surface area (TPSA) is 54.3 Å². The van der Waals surface area contributed by atoms with Gasteiger partial charge in [-0.3, -0.25) is 19.9 Å². The largest absolute Gasteiger partial charge is 0.347 e. The van der Waals surface area contributed by atoms with E-state index in [2.05, 4.69) is 73.4 Å². The van der Waals surface area contributed by atoms with Crippen LogP contribution in [0.25, 0.3) is 22.4 Å². The molecular formula is C26H23N5. The van der Waals surface area contributed by atoms with Gasteiger partial charge >= 0.3 is 0 Å². The third-order valence-corrected chi connectivity index (χ3v) is 5.47. The number of pyridine rings is 3. The smallest absolute Gasteiger partial charge is 0.110 e. The van der Waals surface area contributed by atoms with E-state index in [1.165, 1.54) is 16.8 Å². The zero-order valence-corrected chi connectivity index (χ0v) is 17.7. The fourth-order valence-corrected chi connectivity index (χ4v) is 3.89. The maximum absolute atomic E-state index is 4.69. The lowest BCUT2D eigenvalue weighted by Crippen LogP contribution is -2.26. The Balaban J connectivity index is 1.41. The predicted molar refractivity (Wildman–Crippen MR) is 125 cm³/mol. The minimum Gasteiger partial charge on any atom is -0.347 e. The average Bonchev–Trinajstić information content (AvgIpc) is 2.79. The molecule has 0 unspecified atom stereocenters. The van der Waals surface area contributed by atoms with E-state index in [9.17, 15) is 0 Å². The quantitative estimate of drug-likeness (QED) is 0.467. The molecule has 0 atom stereocenters. The van der Waals surface area contributed by atoms with Crippen molar-refractivity contribution in [3.63, 3.8) is 0 Å². The SMILES string of the molecule is Cc1cc(-c2ccc3c(c2)N(Cc2ccc(-c4ccnc(C)c4)nc2)CN=C3)ccn1. The number of aryl methyl sites for hydroxylation is 2. The number of hydrogen-bond donors (Lipinski definition) is 0. The molecule has 1 aliphatic heterocycles. The van der Waals surface area contributed by atoms with Crippen molar-refractivity contribution in [1.29, 1.82) is 0 Å². The summed E-state index contributed by atoms with van der Waals surface area (Å²) in [5, 5.41) is 0. The molecule has 3 aromatic heterocycles. The van der Waals surface area contributed by atoms with Crippen LogP contribution in [0.1, 0.15) is 22.5 Å². The molecule has 0 radical (unpaired) electrons. The van der Waals surface area contributed by atoms with E-state index in [0.29, 0.717) is 6.67 Å². The first-order valence-corrected chi connectivity index (χ1v) is 10.4. The van der Waals surface area contributed by atoms with Gasteiger partial charge in [-0.15, -0.1) is 0 Å². The lowest BCUT2D eigenvalue weighted by Gasteiger charge is -2.28. The zero-order chi connectivity index (χ0) is 21.2. The van der Waals surface area contributed by atoms with Gasteiger partial charge in [-0.1, -0.05) is 18.2 Å². The Morgan fingerprint density at radius 1 is 0.774 bits per heavy atom. The Hall–Kier alpha value is -3.86. The highest BCUT2D eigenvalue weighted by Crippen LogP contribution is 2.30. The molecule has 5 heteroatoms. The molecule has 0 saturated heterocycles. The fourth-order valence-electron chi connectivity index (χ4n) is 3.89. The number of aliphatic imine (C=N–C) groups is 1. The van der Waals surface area contributed by atoms with Crippen LogP contribution < -0.4 is 4.90 Å². The summed E-state index contributed by atoms with van der Waals surface area (Å²) in [5.41, 5.74) is 9.90. The summed E-state index contributed by atoms with van der Waals surface area (Å²) in [5.74, 6) is 0. The molecule has 0 N–H and O–H groups in total. The number of fused-ring (bicyclic) bond motifs is 1. The molecule has 0 aliphatic carbocycles. The molecule has 0 saturated carbocycles. The normalized spacial score (nSPS) is 12.6. The lowest BCUT2D eigenvalue weighted by atomic mass is 10.0. The summed E-state index contributed by atoms with van der Waals surface area (Å²) in [4.78, 5) is 20.1. The molecule has 5 rings (SSSR count). The first-order valence-electron chi connectivity index (χ1n) is 10.4. The van der Waals surface area contributed by atoms with Crippen molar-refractivity contribution in [3.05, 3.63) is 95.7 Å². The van der Waals surface area contributed by atoms with Gasteiger partial charge in [0.15, 0.2) is 0 Å². The highest BCUT2D eigenvalue weighted by molar-refractivity contribution is 5.91. The van der Waals surface area contributed by atoms with E-state index >= 15 is 0 Å². The van der Waals surface area contributed by atoms with Crippen LogP contribution in [0.5, 0.6) is 0 Å². The second-order valence-electron chi connectivity index (χ2n) is 7.85. The maximum atomic E-state index is 4.69. The van der Waals surface area contributed by atoms with Crippen LogP contribution in [-0.2, 0) is 6.54 Å². The number of hydrogen-bond acceptors (Lipinski definition) is 5. The van der Waals surface area contributed by atoms with Gasteiger partial charge in [0.1, 0.15) is 6.67 Å².